The average molecular weight is 453 g/mol. The first-order valence-corrected chi connectivity index (χ1v) is 10.8. The summed E-state index contributed by atoms with van der Waals surface area (Å²) in [5, 5.41) is 7.09. The number of hydrogen-bond donors (Lipinski definition) is 1. The number of aromatic nitrogens is 2. The molecule has 1 aliphatic heterocycles. The normalized spacial score (nSPS) is 16.3. The van der Waals surface area contributed by atoms with Gasteiger partial charge in [-0.25, -0.2) is 0 Å². The van der Waals surface area contributed by atoms with Crippen molar-refractivity contribution in [3.05, 3.63) is 48.4 Å². The quantitative estimate of drug-likeness (QED) is 0.553. The molecule has 2 heterocycles. The Labute approximate surface area is 192 Å². The summed E-state index contributed by atoms with van der Waals surface area (Å²) in [5.41, 5.74) is 1.53. The van der Waals surface area contributed by atoms with Crippen LogP contribution in [0.15, 0.2) is 47.0 Å². The molecular weight excluding hydrogens is 424 g/mol. The third-order valence-electron chi connectivity index (χ3n) is 5.70. The largest absolute Gasteiger partial charge is 0.497 e. The first kappa shape index (κ1) is 22.6. The lowest BCUT2D eigenvalue weighted by atomic mass is 9.97. The van der Waals surface area contributed by atoms with Crippen molar-refractivity contribution in [3.8, 4) is 28.6 Å². The lowest BCUT2D eigenvalue weighted by Gasteiger charge is -2.30. The first-order chi connectivity index (χ1) is 16.1. The SMILES string of the molecule is COc1ccc(-c2noc(CN3CCCC(C(=O)Nc4ccc(OC)c(OC)c4)C3)n2)cc1. The standard InChI is InChI=1S/C24H28N4O5/c1-30-19-9-6-16(7-10-19)23-26-22(33-27-23)15-28-12-4-5-17(14-28)24(29)25-18-8-11-20(31-2)21(13-18)32-3/h6-11,13,17H,4-5,12,14-15H2,1-3H3,(H,25,29). The van der Waals surface area contributed by atoms with Gasteiger partial charge in [0.25, 0.3) is 0 Å². The van der Waals surface area contributed by atoms with Gasteiger partial charge in [-0.3, -0.25) is 9.69 Å². The summed E-state index contributed by atoms with van der Waals surface area (Å²) >= 11 is 0. The van der Waals surface area contributed by atoms with Crippen molar-refractivity contribution in [1.29, 1.82) is 0 Å². The Morgan fingerprint density at radius 3 is 2.61 bits per heavy atom. The van der Waals surface area contributed by atoms with Gasteiger partial charge in [0.15, 0.2) is 11.5 Å². The molecule has 1 N–H and O–H groups in total. The van der Waals surface area contributed by atoms with Gasteiger partial charge >= 0.3 is 0 Å². The molecule has 0 radical (unpaired) electrons. The predicted octanol–water partition coefficient (Wildman–Crippen LogP) is 3.61. The van der Waals surface area contributed by atoms with Crippen LogP contribution in [0.3, 0.4) is 0 Å². The molecule has 1 unspecified atom stereocenters. The topological polar surface area (TPSA) is 99.0 Å². The molecule has 9 heteroatoms. The second-order valence-electron chi connectivity index (χ2n) is 7.87. The number of nitrogens with one attached hydrogen (secondary N) is 1. The third-order valence-corrected chi connectivity index (χ3v) is 5.70. The van der Waals surface area contributed by atoms with Gasteiger partial charge in [-0.1, -0.05) is 5.16 Å². The van der Waals surface area contributed by atoms with Gasteiger partial charge in [0.2, 0.25) is 17.6 Å². The van der Waals surface area contributed by atoms with Crippen LogP contribution in [0.25, 0.3) is 11.4 Å². The summed E-state index contributed by atoms with van der Waals surface area (Å²) in [5.74, 6) is 2.88. The zero-order valence-corrected chi connectivity index (χ0v) is 19.0. The van der Waals surface area contributed by atoms with E-state index in [2.05, 4.69) is 20.4 Å². The molecule has 1 aliphatic rings. The third kappa shape index (κ3) is 5.43. The van der Waals surface area contributed by atoms with Crippen LogP contribution in [-0.2, 0) is 11.3 Å². The number of rotatable bonds is 8. The number of likely N-dealkylation sites (tertiary alicyclic amines) is 1. The van der Waals surface area contributed by atoms with E-state index >= 15 is 0 Å². The van der Waals surface area contributed by atoms with E-state index in [-0.39, 0.29) is 11.8 Å². The highest BCUT2D eigenvalue weighted by molar-refractivity contribution is 5.93. The summed E-state index contributed by atoms with van der Waals surface area (Å²) in [4.78, 5) is 19.6. The minimum atomic E-state index is -0.129. The summed E-state index contributed by atoms with van der Waals surface area (Å²) in [6.45, 7) is 2.00. The summed E-state index contributed by atoms with van der Waals surface area (Å²) < 4.78 is 21.2. The van der Waals surface area contributed by atoms with Crippen LogP contribution >= 0.6 is 0 Å². The Kier molecular flexibility index (Phi) is 7.09. The van der Waals surface area contributed by atoms with Crippen LogP contribution in [0.5, 0.6) is 17.2 Å². The predicted molar refractivity (Wildman–Crippen MR) is 122 cm³/mol. The van der Waals surface area contributed by atoms with E-state index in [9.17, 15) is 4.79 Å². The van der Waals surface area contributed by atoms with Crippen molar-refractivity contribution in [2.75, 3.05) is 39.7 Å². The minimum absolute atomic E-state index is 0.0172. The fourth-order valence-electron chi connectivity index (χ4n) is 3.94. The number of anilines is 1. The molecule has 0 saturated carbocycles. The van der Waals surface area contributed by atoms with E-state index in [4.69, 9.17) is 18.7 Å². The molecule has 1 saturated heterocycles. The molecular formula is C24H28N4O5. The van der Waals surface area contributed by atoms with Gasteiger partial charge in [-0.05, 0) is 55.8 Å². The smallest absolute Gasteiger partial charge is 0.241 e. The highest BCUT2D eigenvalue weighted by atomic mass is 16.5. The van der Waals surface area contributed by atoms with E-state index < -0.39 is 0 Å². The monoisotopic (exact) mass is 452 g/mol. The average Bonchev–Trinajstić information content (AvgIpc) is 3.32. The fourth-order valence-corrected chi connectivity index (χ4v) is 3.94. The minimum Gasteiger partial charge on any atom is -0.497 e. The van der Waals surface area contributed by atoms with Gasteiger partial charge < -0.3 is 24.1 Å². The maximum absolute atomic E-state index is 12.9. The van der Waals surface area contributed by atoms with Crippen molar-refractivity contribution >= 4 is 11.6 Å². The van der Waals surface area contributed by atoms with Gasteiger partial charge in [-0.15, -0.1) is 0 Å². The summed E-state index contributed by atoms with van der Waals surface area (Å²) in [6, 6.07) is 12.8. The van der Waals surface area contributed by atoms with Crippen molar-refractivity contribution < 1.29 is 23.5 Å². The zero-order chi connectivity index (χ0) is 23.2. The van der Waals surface area contributed by atoms with Gasteiger partial charge in [0.05, 0.1) is 33.8 Å². The molecule has 1 atom stereocenters. The van der Waals surface area contributed by atoms with Crippen LogP contribution in [0.1, 0.15) is 18.7 Å². The molecule has 3 aromatic rings. The Hall–Kier alpha value is -3.59. The first-order valence-electron chi connectivity index (χ1n) is 10.8. The Morgan fingerprint density at radius 2 is 1.88 bits per heavy atom. The lowest BCUT2D eigenvalue weighted by molar-refractivity contribution is -0.121. The van der Waals surface area contributed by atoms with Crippen molar-refractivity contribution in [2.24, 2.45) is 5.92 Å². The number of carbonyl (C=O) groups excluding carboxylic acids is 1. The number of methoxy groups -OCH3 is 3. The maximum Gasteiger partial charge on any atom is 0.241 e. The van der Waals surface area contributed by atoms with Gasteiger partial charge in [0.1, 0.15) is 5.75 Å². The second kappa shape index (κ2) is 10.4. The number of hydrogen-bond acceptors (Lipinski definition) is 8. The van der Waals surface area contributed by atoms with Crippen LogP contribution in [0, 0.1) is 5.92 Å². The van der Waals surface area contributed by atoms with Crippen molar-refractivity contribution in [2.45, 2.75) is 19.4 Å². The zero-order valence-electron chi connectivity index (χ0n) is 19.0. The number of nitrogens with zero attached hydrogens (tertiary/aromatic N) is 3. The maximum atomic E-state index is 12.9. The summed E-state index contributed by atoms with van der Waals surface area (Å²) in [6.07, 6.45) is 1.75. The molecule has 1 amide bonds. The Balaban J connectivity index is 1.35. The fraction of sp³-hybridized carbons (Fsp3) is 0.375. The Morgan fingerprint density at radius 1 is 1.09 bits per heavy atom. The van der Waals surface area contributed by atoms with Crippen molar-refractivity contribution in [1.82, 2.24) is 15.0 Å². The number of benzene rings is 2. The highest BCUT2D eigenvalue weighted by Crippen LogP contribution is 2.30. The molecule has 174 valence electrons. The molecule has 33 heavy (non-hydrogen) atoms. The van der Waals surface area contributed by atoms with E-state index in [1.807, 2.05) is 24.3 Å². The molecule has 2 aromatic carbocycles. The van der Waals surface area contributed by atoms with E-state index in [0.717, 1.165) is 30.7 Å². The van der Waals surface area contributed by atoms with E-state index in [1.165, 1.54) is 0 Å². The molecule has 1 fully saturated rings. The van der Waals surface area contributed by atoms with E-state index in [1.54, 1.807) is 39.5 Å². The van der Waals surface area contributed by atoms with Crippen LogP contribution in [0.4, 0.5) is 5.69 Å². The molecule has 0 bridgehead atoms. The second-order valence-corrected chi connectivity index (χ2v) is 7.87. The highest BCUT2D eigenvalue weighted by Gasteiger charge is 2.27. The number of piperidine rings is 1. The van der Waals surface area contributed by atoms with Crippen LogP contribution in [-0.4, -0.2) is 55.4 Å². The van der Waals surface area contributed by atoms with Gasteiger partial charge in [0, 0.05) is 23.9 Å². The number of amides is 1. The summed E-state index contributed by atoms with van der Waals surface area (Å²) in [7, 11) is 4.78. The lowest BCUT2D eigenvalue weighted by Crippen LogP contribution is -2.40. The molecule has 0 aliphatic carbocycles. The Bertz CT molecular complexity index is 1080. The van der Waals surface area contributed by atoms with Gasteiger partial charge in [-0.2, -0.15) is 4.98 Å². The van der Waals surface area contributed by atoms with Crippen molar-refractivity contribution in [3.63, 3.8) is 0 Å². The molecule has 1 aromatic heterocycles. The molecule has 9 nitrogen and oxygen atoms in total. The molecule has 0 spiro atoms. The van der Waals surface area contributed by atoms with E-state index in [0.29, 0.717) is 42.0 Å². The number of carbonyl (C=O) groups is 1. The molecule has 4 rings (SSSR count). The number of ether oxygens (including phenoxy) is 3. The van der Waals surface area contributed by atoms with Crippen LogP contribution in [0.2, 0.25) is 0 Å². The van der Waals surface area contributed by atoms with Crippen LogP contribution < -0.4 is 19.5 Å².